The van der Waals surface area contributed by atoms with Crippen molar-refractivity contribution >= 4 is 0 Å². The van der Waals surface area contributed by atoms with E-state index in [1.54, 1.807) is 0 Å². The van der Waals surface area contributed by atoms with Crippen LogP contribution < -0.4 is 5.32 Å². The highest BCUT2D eigenvalue weighted by atomic mass is 19.3. The molecule has 0 radical (unpaired) electrons. The lowest BCUT2D eigenvalue weighted by atomic mass is 10.1. The molecule has 0 heterocycles. The molecular weight excluding hydrogens is 222 g/mol. The zero-order chi connectivity index (χ0) is 12.5. The van der Waals surface area contributed by atoms with E-state index in [0.717, 1.165) is 19.1 Å². The summed E-state index contributed by atoms with van der Waals surface area (Å²) in [7, 11) is 2.16. The zero-order valence-electron chi connectivity index (χ0n) is 10.9. The second-order valence-corrected chi connectivity index (χ2v) is 5.87. The third-order valence-corrected chi connectivity index (χ3v) is 4.20. The van der Waals surface area contributed by atoms with E-state index >= 15 is 0 Å². The molecule has 4 heteroatoms. The minimum absolute atomic E-state index is 0.0762. The molecule has 0 bridgehead atoms. The molecule has 0 amide bonds. The van der Waals surface area contributed by atoms with Gasteiger partial charge < -0.3 is 5.32 Å². The first-order chi connectivity index (χ1) is 7.98. The third kappa shape index (κ3) is 3.88. The molecule has 0 aromatic rings. The number of nitrogens with one attached hydrogen (secondary N) is 1. The minimum atomic E-state index is -2.40. The molecule has 100 valence electrons. The number of rotatable bonds is 6. The van der Waals surface area contributed by atoms with E-state index in [0.29, 0.717) is 12.5 Å². The summed E-state index contributed by atoms with van der Waals surface area (Å²) in [4.78, 5) is 2.40. The van der Waals surface area contributed by atoms with Crippen LogP contribution in [-0.4, -0.2) is 43.0 Å². The van der Waals surface area contributed by atoms with Gasteiger partial charge in [-0.2, -0.15) is 0 Å². The van der Waals surface area contributed by atoms with Crippen LogP contribution in [0.3, 0.4) is 0 Å². The number of hydrogen-bond donors (Lipinski definition) is 1. The maximum Gasteiger partial charge on any atom is 0.248 e. The molecule has 2 unspecified atom stereocenters. The Labute approximate surface area is 103 Å². The zero-order valence-corrected chi connectivity index (χ0v) is 10.9. The van der Waals surface area contributed by atoms with Crippen LogP contribution >= 0.6 is 0 Å². The van der Waals surface area contributed by atoms with Gasteiger partial charge in [0.15, 0.2) is 0 Å². The van der Waals surface area contributed by atoms with Gasteiger partial charge in [-0.25, -0.2) is 8.78 Å². The van der Waals surface area contributed by atoms with Crippen molar-refractivity contribution in [1.29, 1.82) is 0 Å². The fraction of sp³-hybridized carbons (Fsp3) is 1.00. The van der Waals surface area contributed by atoms with Crippen molar-refractivity contribution < 1.29 is 8.78 Å². The Balaban J connectivity index is 1.59. The molecule has 2 aliphatic carbocycles. The van der Waals surface area contributed by atoms with E-state index in [-0.39, 0.29) is 18.8 Å². The first-order valence-corrected chi connectivity index (χ1v) is 6.78. The Bertz CT molecular complexity index is 252. The number of nitrogens with zero attached hydrogens (tertiary/aromatic N) is 1. The normalized spacial score (nSPS) is 29.8. The number of alkyl halides is 2. The predicted molar refractivity (Wildman–Crippen MR) is 65.4 cm³/mol. The number of likely N-dealkylation sites (N-methyl/N-ethyl adjacent to an activating group) is 1. The summed E-state index contributed by atoms with van der Waals surface area (Å²) in [6, 6.07) is 1.27. The Hall–Kier alpha value is -0.220. The molecule has 2 atom stereocenters. The van der Waals surface area contributed by atoms with E-state index in [1.165, 1.54) is 12.8 Å². The van der Waals surface area contributed by atoms with Crippen LogP contribution in [0.25, 0.3) is 0 Å². The second kappa shape index (κ2) is 5.19. The molecule has 0 aliphatic heterocycles. The Morgan fingerprint density at radius 1 is 1.35 bits per heavy atom. The van der Waals surface area contributed by atoms with E-state index in [1.807, 2.05) is 0 Å². The molecule has 0 aromatic carbocycles. The van der Waals surface area contributed by atoms with Gasteiger partial charge in [0, 0.05) is 31.5 Å². The first kappa shape index (κ1) is 13.2. The van der Waals surface area contributed by atoms with Crippen molar-refractivity contribution in [2.45, 2.75) is 57.0 Å². The highest BCUT2D eigenvalue weighted by Crippen LogP contribution is 2.38. The first-order valence-electron chi connectivity index (χ1n) is 6.78. The summed E-state index contributed by atoms with van der Waals surface area (Å²) in [5, 5.41) is 3.35. The van der Waals surface area contributed by atoms with Crippen LogP contribution in [0.15, 0.2) is 0 Å². The van der Waals surface area contributed by atoms with Gasteiger partial charge in [-0.05, 0) is 45.7 Å². The van der Waals surface area contributed by atoms with Crippen LogP contribution in [0.5, 0.6) is 0 Å². The van der Waals surface area contributed by atoms with Gasteiger partial charge in [0.05, 0.1) is 0 Å². The van der Waals surface area contributed by atoms with Gasteiger partial charge in [-0.3, -0.25) is 4.90 Å². The van der Waals surface area contributed by atoms with Crippen molar-refractivity contribution in [3.05, 3.63) is 0 Å². The molecule has 0 aromatic heterocycles. The number of halogens is 2. The molecule has 2 nitrogen and oxygen atoms in total. The van der Waals surface area contributed by atoms with E-state index in [2.05, 4.69) is 24.2 Å². The lowest BCUT2D eigenvalue weighted by molar-refractivity contribution is 0.00505. The van der Waals surface area contributed by atoms with Gasteiger partial charge in [0.25, 0.3) is 0 Å². The van der Waals surface area contributed by atoms with Gasteiger partial charge in [0.2, 0.25) is 5.92 Å². The van der Waals surface area contributed by atoms with Gasteiger partial charge in [-0.15, -0.1) is 0 Å². The quantitative estimate of drug-likeness (QED) is 0.774. The maximum absolute atomic E-state index is 13.0. The average molecular weight is 246 g/mol. The minimum Gasteiger partial charge on any atom is -0.315 e. The fourth-order valence-corrected chi connectivity index (χ4v) is 2.70. The fourth-order valence-electron chi connectivity index (χ4n) is 2.70. The summed E-state index contributed by atoms with van der Waals surface area (Å²) in [5.74, 6) is -2.23. The SMILES string of the molecule is CC(CNCC1CCC(F)(F)C1)N(C)C1CC1. The van der Waals surface area contributed by atoms with Crippen LogP contribution in [0.1, 0.15) is 39.0 Å². The molecule has 2 fully saturated rings. The van der Waals surface area contributed by atoms with Crippen molar-refractivity contribution in [3.63, 3.8) is 0 Å². The van der Waals surface area contributed by atoms with Crippen molar-refractivity contribution in [2.75, 3.05) is 20.1 Å². The topological polar surface area (TPSA) is 15.3 Å². The molecule has 0 saturated heterocycles. The summed E-state index contributed by atoms with van der Waals surface area (Å²) in [5.41, 5.74) is 0. The van der Waals surface area contributed by atoms with E-state index in [4.69, 9.17) is 0 Å². The maximum atomic E-state index is 13.0. The summed E-state index contributed by atoms with van der Waals surface area (Å²) in [6.45, 7) is 3.86. The lowest BCUT2D eigenvalue weighted by Gasteiger charge is -2.25. The van der Waals surface area contributed by atoms with Gasteiger partial charge >= 0.3 is 0 Å². The van der Waals surface area contributed by atoms with Crippen LogP contribution in [0, 0.1) is 5.92 Å². The Morgan fingerprint density at radius 2 is 2.06 bits per heavy atom. The molecule has 2 aliphatic rings. The molecule has 0 spiro atoms. The number of hydrogen-bond acceptors (Lipinski definition) is 2. The highest BCUT2D eigenvalue weighted by Gasteiger charge is 2.39. The standard InChI is InChI=1S/C13H24F2N2/c1-10(17(2)12-3-4-12)8-16-9-11-5-6-13(14,15)7-11/h10-12,16H,3-9H2,1-2H3. The monoisotopic (exact) mass is 246 g/mol. The van der Waals surface area contributed by atoms with Crippen LogP contribution in [0.2, 0.25) is 0 Å². The van der Waals surface area contributed by atoms with E-state index in [9.17, 15) is 8.78 Å². The lowest BCUT2D eigenvalue weighted by Crippen LogP contribution is -2.40. The molecular formula is C13H24F2N2. The van der Waals surface area contributed by atoms with Gasteiger partial charge in [0.1, 0.15) is 0 Å². The Kier molecular flexibility index (Phi) is 4.03. The largest absolute Gasteiger partial charge is 0.315 e. The third-order valence-electron chi connectivity index (χ3n) is 4.20. The average Bonchev–Trinajstić information content (AvgIpc) is 3.03. The molecule has 1 N–H and O–H groups in total. The van der Waals surface area contributed by atoms with Crippen molar-refractivity contribution in [2.24, 2.45) is 5.92 Å². The molecule has 2 rings (SSSR count). The Morgan fingerprint density at radius 3 is 2.59 bits per heavy atom. The smallest absolute Gasteiger partial charge is 0.248 e. The van der Waals surface area contributed by atoms with Crippen LogP contribution in [0.4, 0.5) is 8.78 Å². The van der Waals surface area contributed by atoms with E-state index < -0.39 is 5.92 Å². The van der Waals surface area contributed by atoms with Crippen LogP contribution in [-0.2, 0) is 0 Å². The molecule has 17 heavy (non-hydrogen) atoms. The summed E-state index contributed by atoms with van der Waals surface area (Å²) < 4.78 is 26.0. The van der Waals surface area contributed by atoms with Crippen molar-refractivity contribution in [1.82, 2.24) is 10.2 Å². The summed E-state index contributed by atoms with van der Waals surface area (Å²) >= 11 is 0. The highest BCUT2D eigenvalue weighted by molar-refractivity contribution is 4.86. The summed E-state index contributed by atoms with van der Waals surface area (Å²) in [6.07, 6.45) is 3.46. The predicted octanol–water partition coefficient (Wildman–Crippen LogP) is 2.49. The van der Waals surface area contributed by atoms with Gasteiger partial charge in [-0.1, -0.05) is 0 Å². The van der Waals surface area contributed by atoms with Crippen molar-refractivity contribution in [3.8, 4) is 0 Å². The molecule has 2 saturated carbocycles. The second-order valence-electron chi connectivity index (χ2n) is 5.87.